The predicted octanol–water partition coefficient (Wildman–Crippen LogP) is 5.97. The topological polar surface area (TPSA) is 66.2 Å². The molecule has 166 valence electrons. The van der Waals surface area contributed by atoms with Gasteiger partial charge in [-0.2, -0.15) is 0 Å². The van der Waals surface area contributed by atoms with Crippen molar-refractivity contribution in [1.29, 1.82) is 0 Å². The second kappa shape index (κ2) is 8.97. The first-order valence-electron chi connectivity index (χ1n) is 9.96. The monoisotopic (exact) mass is 495 g/mol. The van der Waals surface area contributed by atoms with E-state index in [-0.39, 0.29) is 5.56 Å². The molecule has 33 heavy (non-hydrogen) atoms. The molecule has 0 aliphatic heterocycles. The van der Waals surface area contributed by atoms with Gasteiger partial charge in [0, 0.05) is 27.4 Å². The third-order valence-corrected chi connectivity index (χ3v) is 7.30. The maximum atomic E-state index is 13.3. The zero-order valence-corrected chi connectivity index (χ0v) is 20.1. The third-order valence-electron chi connectivity index (χ3n) is 5.24. The van der Waals surface area contributed by atoms with Gasteiger partial charge in [-0.15, -0.1) is 22.7 Å². The van der Waals surface area contributed by atoms with E-state index < -0.39 is 0 Å². The number of methoxy groups -OCH3 is 2. The van der Waals surface area contributed by atoms with Gasteiger partial charge in [0.2, 0.25) is 0 Å². The van der Waals surface area contributed by atoms with E-state index in [2.05, 4.69) is 4.98 Å². The average molecular weight is 496 g/mol. The van der Waals surface area contributed by atoms with Crippen molar-refractivity contribution in [2.24, 2.45) is 0 Å². The maximum absolute atomic E-state index is 13.3. The molecule has 6 nitrogen and oxygen atoms in total. The molecule has 0 unspecified atom stereocenters. The van der Waals surface area contributed by atoms with Crippen LogP contribution < -0.4 is 15.0 Å². The molecule has 0 spiro atoms. The number of hydrogen-bond acceptors (Lipinski definition) is 7. The van der Waals surface area contributed by atoms with E-state index in [9.17, 15) is 4.79 Å². The van der Waals surface area contributed by atoms with Crippen molar-refractivity contribution in [3.05, 3.63) is 80.6 Å². The van der Waals surface area contributed by atoms with Gasteiger partial charge in [-0.3, -0.25) is 9.36 Å². The molecule has 0 aliphatic carbocycles. The number of rotatable bonds is 6. The first kappa shape index (κ1) is 21.6. The van der Waals surface area contributed by atoms with Gasteiger partial charge in [-0.05, 0) is 29.8 Å². The summed E-state index contributed by atoms with van der Waals surface area (Å²) in [5.74, 6) is 1.40. The molecule has 0 N–H and O–H groups in total. The molecule has 9 heteroatoms. The second-order valence-corrected chi connectivity index (χ2v) is 9.38. The van der Waals surface area contributed by atoms with Crippen LogP contribution >= 0.6 is 34.3 Å². The van der Waals surface area contributed by atoms with E-state index in [1.165, 1.54) is 22.7 Å². The summed E-state index contributed by atoms with van der Waals surface area (Å²) in [6.45, 7) is 0.326. The summed E-state index contributed by atoms with van der Waals surface area (Å²) in [6.07, 6.45) is 1.58. The number of ether oxygens (including phenoxy) is 2. The van der Waals surface area contributed by atoms with Crippen LogP contribution in [0.5, 0.6) is 11.5 Å². The van der Waals surface area contributed by atoms with Gasteiger partial charge in [0.1, 0.15) is 21.3 Å². The molecule has 5 rings (SSSR count). The first-order valence-corrected chi connectivity index (χ1v) is 12.1. The van der Waals surface area contributed by atoms with Gasteiger partial charge in [-0.25, -0.2) is 9.97 Å². The molecular formula is C24H18ClN3O3S2. The van der Waals surface area contributed by atoms with Crippen LogP contribution in [0.15, 0.2) is 64.3 Å². The fourth-order valence-corrected chi connectivity index (χ4v) is 5.45. The highest BCUT2D eigenvalue weighted by atomic mass is 35.5. The molecule has 0 saturated carbocycles. The van der Waals surface area contributed by atoms with E-state index in [4.69, 9.17) is 26.1 Å². The lowest BCUT2D eigenvalue weighted by Crippen LogP contribution is -2.21. The van der Waals surface area contributed by atoms with Crippen LogP contribution in [0.25, 0.3) is 31.9 Å². The Balaban J connectivity index is 1.49. The molecule has 0 amide bonds. The number of hydrogen-bond donors (Lipinski definition) is 0. The second-order valence-electron chi connectivity index (χ2n) is 7.22. The predicted molar refractivity (Wildman–Crippen MR) is 134 cm³/mol. The molecule has 0 bridgehead atoms. The summed E-state index contributed by atoms with van der Waals surface area (Å²) in [6, 6.07) is 13.1. The van der Waals surface area contributed by atoms with Gasteiger partial charge < -0.3 is 9.47 Å². The SMILES string of the molecule is COc1ccc(-c2nc(Cn3cnc4scc(-c5ccc(Cl)cc5)c4c3=O)cs2)c(OC)c1. The van der Waals surface area contributed by atoms with Crippen molar-refractivity contribution in [3.8, 4) is 33.2 Å². The molecule has 0 atom stereocenters. The Morgan fingerprint density at radius 3 is 2.58 bits per heavy atom. The number of thiophene rings is 1. The molecule has 0 fully saturated rings. The highest BCUT2D eigenvalue weighted by Gasteiger charge is 2.16. The van der Waals surface area contributed by atoms with Crippen LogP contribution in [0.2, 0.25) is 5.02 Å². The lowest BCUT2D eigenvalue weighted by atomic mass is 10.1. The Morgan fingerprint density at radius 1 is 1.00 bits per heavy atom. The number of halogens is 1. The summed E-state index contributed by atoms with van der Waals surface area (Å²) in [4.78, 5) is 23.3. The maximum Gasteiger partial charge on any atom is 0.263 e. The molecule has 5 aromatic rings. The van der Waals surface area contributed by atoms with Gasteiger partial charge in [0.15, 0.2) is 0 Å². The molecule has 3 aromatic heterocycles. The largest absolute Gasteiger partial charge is 0.497 e. The number of benzene rings is 2. The number of thiazole rings is 1. The minimum Gasteiger partial charge on any atom is -0.497 e. The number of aromatic nitrogens is 3. The Morgan fingerprint density at radius 2 is 1.82 bits per heavy atom. The minimum absolute atomic E-state index is 0.0946. The molecule has 0 aliphatic rings. The standard InChI is InChI=1S/C24H18ClN3O3S2/c1-30-17-7-8-18(20(9-17)31-2)22-27-16(11-32-22)10-28-13-26-23-21(24(28)29)19(12-33-23)14-3-5-15(25)6-4-14/h3-9,11-13H,10H2,1-2H3. The molecule has 0 radical (unpaired) electrons. The summed E-state index contributed by atoms with van der Waals surface area (Å²) in [5, 5.41) is 5.98. The normalized spacial score (nSPS) is 11.1. The van der Waals surface area contributed by atoms with E-state index in [0.29, 0.717) is 33.3 Å². The molecular weight excluding hydrogens is 478 g/mol. The molecule has 3 heterocycles. The third kappa shape index (κ3) is 4.13. The number of nitrogens with zero attached hydrogens (tertiary/aromatic N) is 3. The average Bonchev–Trinajstić information content (AvgIpc) is 3.48. The van der Waals surface area contributed by atoms with Gasteiger partial charge >= 0.3 is 0 Å². The Kier molecular flexibility index (Phi) is 5.88. The van der Waals surface area contributed by atoms with Crippen LogP contribution in [0.1, 0.15) is 5.69 Å². The summed E-state index contributed by atoms with van der Waals surface area (Å²) >= 11 is 8.98. The van der Waals surface area contributed by atoms with Gasteiger partial charge in [-0.1, -0.05) is 23.7 Å². The Hall–Kier alpha value is -3.20. The van der Waals surface area contributed by atoms with Crippen LogP contribution in [0, 0.1) is 0 Å². The van der Waals surface area contributed by atoms with E-state index in [1.54, 1.807) is 25.1 Å². The van der Waals surface area contributed by atoms with Crippen molar-refractivity contribution in [3.63, 3.8) is 0 Å². The van der Waals surface area contributed by atoms with Gasteiger partial charge in [0.05, 0.1) is 43.7 Å². The smallest absolute Gasteiger partial charge is 0.263 e. The first-order chi connectivity index (χ1) is 16.1. The van der Waals surface area contributed by atoms with Crippen LogP contribution in [-0.2, 0) is 6.54 Å². The van der Waals surface area contributed by atoms with Crippen molar-refractivity contribution < 1.29 is 9.47 Å². The highest BCUT2D eigenvalue weighted by Crippen LogP contribution is 2.35. The fourth-order valence-electron chi connectivity index (χ4n) is 3.58. The van der Waals surface area contributed by atoms with E-state index in [1.807, 2.05) is 53.2 Å². The van der Waals surface area contributed by atoms with Crippen molar-refractivity contribution in [2.75, 3.05) is 14.2 Å². The lowest BCUT2D eigenvalue weighted by Gasteiger charge is -2.08. The fraction of sp³-hybridized carbons (Fsp3) is 0.125. The van der Waals surface area contributed by atoms with Crippen molar-refractivity contribution in [1.82, 2.24) is 14.5 Å². The molecule has 2 aromatic carbocycles. The van der Waals surface area contributed by atoms with Crippen LogP contribution in [0.3, 0.4) is 0 Å². The van der Waals surface area contributed by atoms with Crippen LogP contribution in [0.4, 0.5) is 0 Å². The quantitative estimate of drug-likeness (QED) is 0.290. The van der Waals surface area contributed by atoms with Crippen molar-refractivity contribution >= 4 is 44.5 Å². The Bertz CT molecular complexity index is 1510. The van der Waals surface area contributed by atoms with Crippen molar-refractivity contribution in [2.45, 2.75) is 6.54 Å². The summed E-state index contributed by atoms with van der Waals surface area (Å²) in [7, 11) is 3.23. The zero-order valence-electron chi connectivity index (χ0n) is 17.7. The van der Waals surface area contributed by atoms with Gasteiger partial charge in [0.25, 0.3) is 5.56 Å². The summed E-state index contributed by atoms with van der Waals surface area (Å²) < 4.78 is 12.4. The minimum atomic E-state index is -0.0946. The zero-order chi connectivity index (χ0) is 22.9. The summed E-state index contributed by atoms with van der Waals surface area (Å²) in [5.41, 5.74) is 3.35. The van der Waals surface area contributed by atoms with Crippen LogP contribution in [-0.4, -0.2) is 28.8 Å². The number of fused-ring (bicyclic) bond motifs is 1. The molecule has 0 saturated heterocycles. The Labute approximate surface area is 202 Å². The van der Waals surface area contributed by atoms with E-state index >= 15 is 0 Å². The van der Waals surface area contributed by atoms with E-state index in [0.717, 1.165) is 27.4 Å². The highest BCUT2D eigenvalue weighted by molar-refractivity contribution is 7.17. The lowest BCUT2D eigenvalue weighted by molar-refractivity contribution is 0.395.